The molecule has 0 radical (unpaired) electrons. The first kappa shape index (κ1) is 7.68. The summed E-state index contributed by atoms with van der Waals surface area (Å²) in [4.78, 5) is 7.87. The fourth-order valence-corrected chi connectivity index (χ4v) is 1.44. The maximum atomic E-state index is 10.0. The van der Waals surface area contributed by atoms with Crippen molar-refractivity contribution in [3.05, 3.63) is 24.3 Å². The van der Waals surface area contributed by atoms with Gasteiger partial charge in [-0.3, -0.25) is 0 Å². The largest absolute Gasteiger partial charge is 0.384 e. The summed E-state index contributed by atoms with van der Waals surface area (Å²) in [5.41, 5.74) is -0.0110. The van der Waals surface area contributed by atoms with Crippen LogP contribution in [0.3, 0.4) is 0 Å². The molecule has 64 valence electrons. The predicted molar refractivity (Wildman–Crippen MR) is 44.3 cm³/mol. The van der Waals surface area contributed by atoms with Crippen LogP contribution in [0.1, 0.15) is 25.5 Å². The molecule has 1 saturated carbocycles. The van der Waals surface area contributed by atoms with Crippen LogP contribution in [-0.2, 0) is 5.60 Å². The molecule has 1 heterocycles. The number of nitrogens with zero attached hydrogens (tertiary/aromatic N) is 2. The van der Waals surface area contributed by atoms with Crippen LogP contribution in [-0.4, -0.2) is 15.1 Å². The molecular formula is C9H12N2O. The Balaban J connectivity index is 2.28. The molecule has 1 aromatic heterocycles. The summed E-state index contributed by atoms with van der Waals surface area (Å²) < 4.78 is 0. The van der Waals surface area contributed by atoms with E-state index in [-0.39, 0.29) is 0 Å². The van der Waals surface area contributed by atoms with Crippen molar-refractivity contribution in [3.8, 4) is 0 Å². The summed E-state index contributed by atoms with van der Waals surface area (Å²) in [6.45, 7) is 1.83. The van der Waals surface area contributed by atoms with E-state index in [0.29, 0.717) is 5.92 Å². The van der Waals surface area contributed by atoms with Gasteiger partial charge in [-0.25, -0.2) is 9.97 Å². The van der Waals surface area contributed by atoms with E-state index in [4.69, 9.17) is 0 Å². The van der Waals surface area contributed by atoms with Gasteiger partial charge in [0, 0.05) is 6.20 Å². The van der Waals surface area contributed by atoms with E-state index >= 15 is 0 Å². The van der Waals surface area contributed by atoms with Crippen molar-refractivity contribution < 1.29 is 5.11 Å². The summed E-state index contributed by atoms with van der Waals surface area (Å²) in [5.74, 6) is 0.396. The van der Waals surface area contributed by atoms with E-state index in [2.05, 4.69) is 9.97 Å². The summed E-state index contributed by atoms with van der Waals surface area (Å²) in [7, 11) is 0. The highest BCUT2D eigenvalue weighted by Gasteiger charge is 2.42. The molecule has 0 amide bonds. The van der Waals surface area contributed by atoms with E-state index in [1.165, 1.54) is 6.33 Å². The van der Waals surface area contributed by atoms with Crippen molar-refractivity contribution in [2.45, 2.75) is 25.4 Å². The molecule has 3 heteroatoms. The van der Waals surface area contributed by atoms with Gasteiger partial charge in [0.2, 0.25) is 0 Å². The average Bonchev–Trinajstić information content (AvgIpc) is 2.88. The third kappa shape index (κ3) is 1.20. The van der Waals surface area contributed by atoms with Crippen LogP contribution in [0, 0.1) is 5.92 Å². The third-order valence-electron chi connectivity index (χ3n) is 2.47. The minimum atomic E-state index is -0.747. The van der Waals surface area contributed by atoms with E-state index in [1.54, 1.807) is 12.3 Å². The molecule has 3 nitrogen and oxygen atoms in total. The lowest BCUT2D eigenvalue weighted by Crippen LogP contribution is -2.25. The van der Waals surface area contributed by atoms with Crippen LogP contribution >= 0.6 is 0 Å². The van der Waals surface area contributed by atoms with Crippen molar-refractivity contribution >= 4 is 0 Å². The normalized spacial score (nSPS) is 21.8. The van der Waals surface area contributed by atoms with Crippen LogP contribution in [0.2, 0.25) is 0 Å². The van der Waals surface area contributed by atoms with Crippen LogP contribution in [0.15, 0.2) is 18.6 Å². The lowest BCUT2D eigenvalue weighted by molar-refractivity contribution is 0.0285. The van der Waals surface area contributed by atoms with Gasteiger partial charge in [-0.05, 0) is 31.7 Å². The van der Waals surface area contributed by atoms with Gasteiger partial charge in [-0.2, -0.15) is 0 Å². The molecule has 1 fully saturated rings. The first-order chi connectivity index (χ1) is 5.71. The van der Waals surface area contributed by atoms with Gasteiger partial charge in [0.05, 0.1) is 5.69 Å². The van der Waals surface area contributed by atoms with Crippen molar-refractivity contribution in [2.24, 2.45) is 5.92 Å². The molecule has 0 bridgehead atoms. The van der Waals surface area contributed by atoms with Crippen LogP contribution < -0.4 is 0 Å². The lowest BCUT2D eigenvalue weighted by Gasteiger charge is -2.21. The molecule has 1 aliphatic rings. The maximum absolute atomic E-state index is 10.0. The van der Waals surface area contributed by atoms with Crippen LogP contribution in [0.25, 0.3) is 0 Å². The molecule has 0 aromatic carbocycles. The monoisotopic (exact) mass is 164 g/mol. The fourth-order valence-electron chi connectivity index (χ4n) is 1.44. The lowest BCUT2D eigenvalue weighted by atomic mass is 9.96. The Morgan fingerprint density at radius 3 is 2.83 bits per heavy atom. The zero-order valence-corrected chi connectivity index (χ0v) is 7.07. The van der Waals surface area contributed by atoms with Crippen molar-refractivity contribution in [1.29, 1.82) is 0 Å². The Morgan fingerprint density at radius 2 is 2.33 bits per heavy atom. The molecule has 2 rings (SSSR count). The number of aliphatic hydroxyl groups is 1. The third-order valence-corrected chi connectivity index (χ3v) is 2.47. The minimum absolute atomic E-state index is 0.396. The Morgan fingerprint density at radius 1 is 1.58 bits per heavy atom. The summed E-state index contributed by atoms with van der Waals surface area (Å²) in [6, 6.07) is 1.78. The highest BCUT2D eigenvalue weighted by atomic mass is 16.3. The van der Waals surface area contributed by atoms with Crippen molar-refractivity contribution in [1.82, 2.24) is 9.97 Å². The average molecular weight is 164 g/mol. The molecule has 0 aliphatic heterocycles. The van der Waals surface area contributed by atoms with Gasteiger partial charge >= 0.3 is 0 Å². The number of hydrogen-bond donors (Lipinski definition) is 1. The van der Waals surface area contributed by atoms with E-state index < -0.39 is 5.60 Å². The zero-order valence-electron chi connectivity index (χ0n) is 7.07. The summed E-state index contributed by atoms with van der Waals surface area (Å²) in [5, 5.41) is 10.0. The molecular weight excluding hydrogens is 152 g/mol. The van der Waals surface area contributed by atoms with E-state index in [9.17, 15) is 5.11 Å². The van der Waals surface area contributed by atoms with Gasteiger partial charge in [-0.1, -0.05) is 0 Å². The van der Waals surface area contributed by atoms with E-state index in [1.807, 2.05) is 6.92 Å². The number of rotatable bonds is 2. The van der Waals surface area contributed by atoms with Crippen LogP contribution in [0.4, 0.5) is 0 Å². The molecule has 1 unspecified atom stereocenters. The molecule has 12 heavy (non-hydrogen) atoms. The SMILES string of the molecule is CC(O)(c1ccncn1)C1CC1. The van der Waals surface area contributed by atoms with Crippen LogP contribution in [0.5, 0.6) is 0 Å². The van der Waals surface area contributed by atoms with E-state index in [0.717, 1.165) is 18.5 Å². The second-order valence-electron chi connectivity index (χ2n) is 3.52. The van der Waals surface area contributed by atoms with Gasteiger partial charge in [-0.15, -0.1) is 0 Å². The first-order valence-corrected chi connectivity index (χ1v) is 4.20. The molecule has 0 spiro atoms. The highest BCUT2D eigenvalue weighted by molar-refractivity contribution is 5.12. The smallest absolute Gasteiger partial charge is 0.115 e. The molecule has 1 atom stereocenters. The standard InChI is InChI=1S/C9H12N2O/c1-9(12,7-2-3-7)8-4-5-10-6-11-8/h4-7,12H,2-3H2,1H3. The summed E-state index contributed by atoms with van der Waals surface area (Å²) in [6.07, 6.45) is 5.36. The Kier molecular flexibility index (Phi) is 1.61. The quantitative estimate of drug-likeness (QED) is 0.711. The second-order valence-corrected chi connectivity index (χ2v) is 3.52. The number of aromatic nitrogens is 2. The molecule has 0 saturated heterocycles. The minimum Gasteiger partial charge on any atom is -0.384 e. The van der Waals surface area contributed by atoms with Gasteiger partial charge in [0.25, 0.3) is 0 Å². The predicted octanol–water partition coefficient (Wildman–Crippen LogP) is 1.09. The summed E-state index contributed by atoms with van der Waals surface area (Å²) >= 11 is 0. The Bertz CT molecular complexity index is 267. The van der Waals surface area contributed by atoms with Gasteiger partial charge < -0.3 is 5.11 Å². The Hall–Kier alpha value is -0.960. The zero-order chi connectivity index (χ0) is 8.60. The fraction of sp³-hybridized carbons (Fsp3) is 0.556. The second kappa shape index (κ2) is 2.52. The molecule has 1 aromatic rings. The maximum Gasteiger partial charge on any atom is 0.115 e. The molecule has 1 aliphatic carbocycles. The van der Waals surface area contributed by atoms with Crippen molar-refractivity contribution in [3.63, 3.8) is 0 Å². The van der Waals surface area contributed by atoms with Gasteiger partial charge in [0.1, 0.15) is 11.9 Å². The van der Waals surface area contributed by atoms with Crippen molar-refractivity contribution in [2.75, 3.05) is 0 Å². The molecule has 1 N–H and O–H groups in total. The van der Waals surface area contributed by atoms with Gasteiger partial charge in [0.15, 0.2) is 0 Å². The highest BCUT2D eigenvalue weighted by Crippen LogP contribution is 2.44. The number of hydrogen-bond acceptors (Lipinski definition) is 3. The first-order valence-electron chi connectivity index (χ1n) is 4.20. The topological polar surface area (TPSA) is 46.0 Å². The Labute approximate surface area is 71.5 Å².